The minimum Gasteiger partial charge on any atom is -0.497 e. The largest absolute Gasteiger partial charge is 0.497 e. The number of imidazole rings is 1. The molecule has 144 valence electrons. The third kappa shape index (κ3) is 4.72. The number of methoxy groups -OCH3 is 1. The predicted octanol–water partition coefficient (Wildman–Crippen LogP) is 2.97. The van der Waals surface area contributed by atoms with Gasteiger partial charge in [-0.15, -0.1) is 0 Å². The Labute approximate surface area is 167 Å². The molecule has 8 heteroatoms. The summed E-state index contributed by atoms with van der Waals surface area (Å²) in [6.45, 7) is 0. The van der Waals surface area contributed by atoms with Crippen LogP contribution in [0.2, 0.25) is 0 Å². The van der Waals surface area contributed by atoms with Gasteiger partial charge >= 0.3 is 0 Å². The standard InChI is InChI=1S/C20H20N4O3S/c1-21-19(26)14-5-3-6-15(11-14)23-18(25)13-28-20-22-9-10-24(20)16-7-4-8-17(12-16)27-2/h3-12H,13H2,1-2H3,(H,21,26)(H,23,25). The van der Waals surface area contributed by atoms with Gasteiger partial charge in [0.1, 0.15) is 5.75 Å². The fourth-order valence-electron chi connectivity index (χ4n) is 2.56. The second-order valence-corrected chi connectivity index (χ2v) is 6.72. The first-order chi connectivity index (χ1) is 13.6. The van der Waals surface area contributed by atoms with E-state index in [1.54, 1.807) is 44.6 Å². The fourth-order valence-corrected chi connectivity index (χ4v) is 3.34. The summed E-state index contributed by atoms with van der Waals surface area (Å²) < 4.78 is 7.15. The molecule has 0 bridgehead atoms. The van der Waals surface area contributed by atoms with Crippen LogP contribution in [-0.4, -0.2) is 41.3 Å². The highest BCUT2D eigenvalue weighted by Gasteiger charge is 2.11. The number of hydrogen-bond acceptors (Lipinski definition) is 5. The number of amides is 2. The Balaban J connectivity index is 1.64. The zero-order valence-electron chi connectivity index (χ0n) is 15.5. The summed E-state index contributed by atoms with van der Waals surface area (Å²) >= 11 is 1.32. The quantitative estimate of drug-likeness (QED) is 0.600. The lowest BCUT2D eigenvalue weighted by Crippen LogP contribution is -2.19. The lowest BCUT2D eigenvalue weighted by atomic mass is 10.2. The molecule has 3 aromatic rings. The van der Waals surface area contributed by atoms with Crippen molar-refractivity contribution in [2.24, 2.45) is 0 Å². The summed E-state index contributed by atoms with van der Waals surface area (Å²) in [7, 11) is 3.18. The van der Waals surface area contributed by atoms with Crippen LogP contribution in [-0.2, 0) is 4.79 Å². The number of carbonyl (C=O) groups excluding carboxylic acids is 2. The van der Waals surface area contributed by atoms with E-state index in [4.69, 9.17) is 4.74 Å². The first-order valence-electron chi connectivity index (χ1n) is 8.53. The molecule has 0 unspecified atom stereocenters. The van der Waals surface area contributed by atoms with E-state index >= 15 is 0 Å². The molecule has 2 amide bonds. The van der Waals surface area contributed by atoms with Crippen LogP contribution >= 0.6 is 11.8 Å². The van der Waals surface area contributed by atoms with Gasteiger partial charge in [-0.05, 0) is 30.3 Å². The third-order valence-corrected chi connectivity index (χ3v) is 4.87. The molecular formula is C20H20N4O3S. The Hall–Kier alpha value is -3.26. The Morgan fingerprint density at radius 1 is 1.18 bits per heavy atom. The SMILES string of the molecule is CNC(=O)c1cccc(NC(=O)CSc2nccn2-c2cccc(OC)c2)c1. The minimum absolute atomic E-state index is 0.181. The van der Waals surface area contributed by atoms with Gasteiger partial charge in [-0.25, -0.2) is 4.98 Å². The van der Waals surface area contributed by atoms with Crippen LogP contribution in [0.1, 0.15) is 10.4 Å². The molecule has 0 aliphatic carbocycles. The average molecular weight is 396 g/mol. The van der Waals surface area contributed by atoms with Crippen LogP contribution in [0.4, 0.5) is 5.69 Å². The zero-order chi connectivity index (χ0) is 19.9. The van der Waals surface area contributed by atoms with E-state index in [1.807, 2.05) is 35.0 Å². The van der Waals surface area contributed by atoms with Gasteiger partial charge in [-0.2, -0.15) is 0 Å². The van der Waals surface area contributed by atoms with Crippen molar-refractivity contribution in [2.75, 3.05) is 25.2 Å². The molecular weight excluding hydrogens is 376 g/mol. The molecule has 2 N–H and O–H groups in total. The van der Waals surface area contributed by atoms with Crippen molar-refractivity contribution in [3.05, 3.63) is 66.5 Å². The number of anilines is 1. The van der Waals surface area contributed by atoms with Gasteiger partial charge in [-0.1, -0.05) is 23.9 Å². The van der Waals surface area contributed by atoms with Crippen LogP contribution in [0.25, 0.3) is 5.69 Å². The number of benzene rings is 2. The number of carbonyl (C=O) groups is 2. The summed E-state index contributed by atoms with van der Waals surface area (Å²) in [5.41, 5.74) is 1.96. The van der Waals surface area contributed by atoms with E-state index in [9.17, 15) is 9.59 Å². The first kappa shape index (κ1) is 19.5. The Kier molecular flexibility index (Phi) is 6.33. The molecule has 1 heterocycles. The first-order valence-corrected chi connectivity index (χ1v) is 9.52. The topological polar surface area (TPSA) is 85.3 Å². The van der Waals surface area contributed by atoms with Crippen LogP contribution in [0.5, 0.6) is 5.75 Å². The maximum absolute atomic E-state index is 12.3. The van der Waals surface area contributed by atoms with Gasteiger partial charge in [0, 0.05) is 36.8 Å². The number of hydrogen-bond donors (Lipinski definition) is 2. The maximum Gasteiger partial charge on any atom is 0.251 e. The van der Waals surface area contributed by atoms with Gasteiger partial charge in [0.2, 0.25) is 5.91 Å². The molecule has 2 aromatic carbocycles. The number of thioether (sulfide) groups is 1. The number of nitrogens with one attached hydrogen (secondary N) is 2. The van der Waals surface area contributed by atoms with Crippen molar-refractivity contribution in [2.45, 2.75) is 5.16 Å². The lowest BCUT2D eigenvalue weighted by Gasteiger charge is -2.10. The molecule has 0 atom stereocenters. The van der Waals surface area contributed by atoms with Crippen LogP contribution in [0, 0.1) is 0 Å². The van der Waals surface area contributed by atoms with Gasteiger partial charge in [0.05, 0.1) is 18.6 Å². The number of ether oxygens (including phenoxy) is 1. The molecule has 3 rings (SSSR count). The average Bonchev–Trinajstić information content (AvgIpc) is 3.20. The van der Waals surface area contributed by atoms with Crippen molar-refractivity contribution in [3.63, 3.8) is 0 Å². The molecule has 28 heavy (non-hydrogen) atoms. The van der Waals surface area contributed by atoms with Crippen molar-refractivity contribution >= 4 is 29.3 Å². The Morgan fingerprint density at radius 3 is 2.79 bits per heavy atom. The third-order valence-electron chi connectivity index (χ3n) is 3.91. The zero-order valence-corrected chi connectivity index (χ0v) is 16.3. The second-order valence-electron chi connectivity index (χ2n) is 5.78. The number of aromatic nitrogens is 2. The summed E-state index contributed by atoms with van der Waals surface area (Å²) in [6.07, 6.45) is 3.52. The Bertz CT molecular complexity index is 987. The molecule has 0 saturated carbocycles. The van der Waals surface area contributed by atoms with Gasteiger partial charge in [0.25, 0.3) is 5.91 Å². The highest BCUT2D eigenvalue weighted by molar-refractivity contribution is 7.99. The van der Waals surface area contributed by atoms with E-state index in [0.717, 1.165) is 11.4 Å². The van der Waals surface area contributed by atoms with Crippen molar-refractivity contribution < 1.29 is 14.3 Å². The molecule has 0 aliphatic rings. The highest BCUT2D eigenvalue weighted by atomic mass is 32.2. The smallest absolute Gasteiger partial charge is 0.251 e. The number of nitrogens with zero attached hydrogens (tertiary/aromatic N) is 2. The van der Waals surface area contributed by atoms with E-state index in [0.29, 0.717) is 16.4 Å². The maximum atomic E-state index is 12.3. The van der Waals surface area contributed by atoms with Crippen molar-refractivity contribution in [1.82, 2.24) is 14.9 Å². The van der Waals surface area contributed by atoms with Gasteiger partial charge in [0.15, 0.2) is 5.16 Å². The lowest BCUT2D eigenvalue weighted by molar-refractivity contribution is -0.113. The van der Waals surface area contributed by atoms with Crippen LogP contribution < -0.4 is 15.4 Å². The molecule has 0 spiro atoms. The van der Waals surface area contributed by atoms with E-state index < -0.39 is 0 Å². The molecule has 0 saturated heterocycles. The molecule has 0 fully saturated rings. The van der Waals surface area contributed by atoms with E-state index in [2.05, 4.69) is 15.6 Å². The molecule has 0 radical (unpaired) electrons. The summed E-state index contributed by atoms with van der Waals surface area (Å²) in [5, 5.41) is 6.06. The highest BCUT2D eigenvalue weighted by Crippen LogP contribution is 2.23. The predicted molar refractivity (Wildman–Crippen MR) is 109 cm³/mol. The van der Waals surface area contributed by atoms with Crippen molar-refractivity contribution in [1.29, 1.82) is 0 Å². The summed E-state index contributed by atoms with van der Waals surface area (Å²) in [4.78, 5) is 28.3. The monoisotopic (exact) mass is 396 g/mol. The number of rotatable bonds is 7. The van der Waals surface area contributed by atoms with Crippen molar-refractivity contribution in [3.8, 4) is 11.4 Å². The van der Waals surface area contributed by atoms with Gasteiger partial charge < -0.3 is 15.4 Å². The fraction of sp³-hybridized carbons (Fsp3) is 0.150. The van der Waals surface area contributed by atoms with E-state index in [-0.39, 0.29) is 17.6 Å². The van der Waals surface area contributed by atoms with Gasteiger partial charge in [-0.3, -0.25) is 14.2 Å². The minimum atomic E-state index is -0.203. The van der Waals surface area contributed by atoms with E-state index in [1.165, 1.54) is 11.8 Å². The normalized spacial score (nSPS) is 10.4. The molecule has 0 aliphatic heterocycles. The summed E-state index contributed by atoms with van der Waals surface area (Å²) in [6, 6.07) is 14.4. The van der Waals surface area contributed by atoms with Crippen LogP contribution in [0.3, 0.4) is 0 Å². The summed E-state index contributed by atoms with van der Waals surface area (Å²) in [5.74, 6) is 0.548. The molecule has 1 aromatic heterocycles. The second kappa shape index (κ2) is 9.09. The molecule has 7 nitrogen and oxygen atoms in total. The Morgan fingerprint density at radius 2 is 2.00 bits per heavy atom. The van der Waals surface area contributed by atoms with Crippen LogP contribution in [0.15, 0.2) is 66.1 Å².